The van der Waals surface area contributed by atoms with Crippen LogP contribution in [0.3, 0.4) is 0 Å². The number of nitrogens with zero attached hydrogens (tertiary/aromatic N) is 2. The van der Waals surface area contributed by atoms with E-state index in [1.165, 1.54) is 0 Å². The van der Waals surface area contributed by atoms with E-state index in [0.717, 1.165) is 66.4 Å². The van der Waals surface area contributed by atoms with Gasteiger partial charge < -0.3 is 9.47 Å². The van der Waals surface area contributed by atoms with Gasteiger partial charge in [0.25, 0.3) is 0 Å². The molecule has 0 atom stereocenters. The molecule has 0 saturated heterocycles. The summed E-state index contributed by atoms with van der Waals surface area (Å²) >= 11 is 13.2. The van der Waals surface area contributed by atoms with E-state index < -0.39 is 0 Å². The highest BCUT2D eigenvalue weighted by Gasteiger charge is 2.22. The van der Waals surface area contributed by atoms with Crippen LogP contribution < -0.4 is 9.47 Å². The van der Waals surface area contributed by atoms with Gasteiger partial charge in [-0.2, -0.15) is 0 Å². The van der Waals surface area contributed by atoms with Crippen LogP contribution in [-0.4, -0.2) is 23.2 Å². The molecule has 0 bridgehead atoms. The summed E-state index contributed by atoms with van der Waals surface area (Å²) in [5.74, 6) is 1.52. The summed E-state index contributed by atoms with van der Waals surface area (Å²) in [6.07, 6.45) is 15.5. The molecule has 44 heavy (non-hydrogen) atoms. The van der Waals surface area contributed by atoms with Crippen LogP contribution in [-0.2, 0) is 0 Å². The number of hydrogen-bond donors (Lipinski definition) is 0. The Labute approximate surface area is 267 Å². The van der Waals surface area contributed by atoms with Crippen molar-refractivity contribution in [1.82, 2.24) is 9.97 Å². The maximum Gasteiger partial charge on any atom is 0.128 e. The number of pyridine rings is 2. The van der Waals surface area contributed by atoms with Crippen LogP contribution in [0.4, 0.5) is 0 Å². The summed E-state index contributed by atoms with van der Waals surface area (Å²) in [4.78, 5) is 8.27. The van der Waals surface area contributed by atoms with Crippen LogP contribution in [0, 0.1) is 0 Å². The number of benzene rings is 4. The van der Waals surface area contributed by atoms with Crippen molar-refractivity contribution in [1.29, 1.82) is 0 Å². The molecule has 2 aromatic heterocycles. The monoisotopic (exact) mass is 616 g/mol. The van der Waals surface area contributed by atoms with Crippen LogP contribution >= 0.6 is 23.2 Å². The van der Waals surface area contributed by atoms with Crippen LogP contribution in [0.25, 0.3) is 57.0 Å². The van der Waals surface area contributed by atoms with Gasteiger partial charge in [-0.15, -0.1) is 0 Å². The first-order valence-electron chi connectivity index (χ1n) is 14.5. The average Bonchev–Trinajstić information content (AvgIpc) is 3.04. The maximum atomic E-state index is 6.59. The quantitative estimate of drug-likeness (QED) is 0.162. The molecule has 4 aromatic carbocycles. The van der Waals surface area contributed by atoms with Crippen molar-refractivity contribution in [2.75, 3.05) is 13.2 Å². The first-order chi connectivity index (χ1) is 21.6. The topological polar surface area (TPSA) is 44.2 Å². The lowest BCUT2D eigenvalue weighted by Gasteiger charge is -2.21. The molecule has 0 unspecified atom stereocenters. The third kappa shape index (κ3) is 6.19. The van der Waals surface area contributed by atoms with Gasteiger partial charge in [-0.3, -0.25) is 9.97 Å². The number of hydrogen-bond acceptors (Lipinski definition) is 4. The molecule has 0 radical (unpaired) electrons. The number of rotatable bonds is 9. The van der Waals surface area contributed by atoms with Gasteiger partial charge in [0, 0.05) is 46.0 Å². The highest BCUT2D eigenvalue weighted by Crippen LogP contribution is 2.48. The predicted molar refractivity (Wildman–Crippen MR) is 186 cm³/mol. The van der Waals surface area contributed by atoms with E-state index in [-0.39, 0.29) is 0 Å². The van der Waals surface area contributed by atoms with Crippen LogP contribution in [0.1, 0.15) is 36.1 Å². The Morgan fingerprint density at radius 1 is 0.523 bits per heavy atom. The molecule has 6 aromatic rings. The lowest BCUT2D eigenvalue weighted by molar-refractivity contribution is 0.337. The smallest absolute Gasteiger partial charge is 0.128 e. The third-order valence-electron chi connectivity index (χ3n) is 7.36. The van der Waals surface area contributed by atoms with Crippen molar-refractivity contribution in [3.63, 3.8) is 0 Å². The average molecular weight is 618 g/mol. The summed E-state index contributed by atoms with van der Waals surface area (Å²) in [5, 5.41) is 5.34. The van der Waals surface area contributed by atoms with Crippen LogP contribution in [0.2, 0.25) is 10.0 Å². The van der Waals surface area contributed by atoms with Gasteiger partial charge in [0.05, 0.1) is 13.2 Å². The normalized spacial score (nSPS) is 11.6. The van der Waals surface area contributed by atoms with E-state index in [4.69, 9.17) is 32.7 Å². The molecule has 0 aliphatic rings. The van der Waals surface area contributed by atoms with E-state index in [1.54, 1.807) is 24.8 Å². The summed E-state index contributed by atoms with van der Waals surface area (Å²) in [7, 11) is 0. The predicted octanol–water partition coefficient (Wildman–Crippen LogP) is 10.9. The number of aromatic nitrogens is 2. The van der Waals surface area contributed by atoms with Crippen molar-refractivity contribution >= 4 is 69.1 Å². The zero-order valence-corrected chi connectivity index (χ0v) is 25.9. The fraction of sp³-hybridized carbons (Fsp3) is 0.105. The molecular formula is C38H30Cl2N2O2. The van der Waals surface area contributed by atoms with Gasteiger partial charge >= 0.3 is 0 Å². The summed E-state index contributed by atoms with van der Waals surface area (Å²) in [6, 6.07) is 24.0. The van der Waals surface area contributed by atoms with Crippen molar-refractivity contribution in [3.05, 3.63) is 130 Å². The van der Waals surface area contributed by atoms with Gasteiger partial charge in [0.15, 0.2) is 0 Å². The Morgan fingerprint density at radius 2 is 0.932 bits per heavy atom. The number of halogens is 2. The molecule has 218 valence electrons. The van der Waals surface area contributed by atoms with Crippen LogP contribution in [0.15, 0.2) is 97.6 Å². The van der Waals surface area contributed by atoms with Crippen molar-refractivity contribution in [2.45, 2.75) is 13.8 Å². The zero-order chi connectivity index (χ0) is 30.5. The molecule has 6 rings (SSSR count). The minimum absolute atomic E-state index is 0.500. The number of ether oxygens (including phenoxy) is 2. The van der Waals surface area contributed by atoms with E-state index in [0.29, 0.717) is 23.3 Å². The Bertz CT molecular complexity index is 1860. The van der Waals surface area contributed by atoms with Gasteiger partial charge in [-0.1, -0.05) is 59.6 Å². The fourth-order valence-electron chi connectivity index (χ4n) is 5.45. The third-order valence-corrected chi connectivity index (χ3v) is 7.83. The van der Waals surface area contributed by atoms with E-state index >= 15 is 0 Å². The molecule has 2 heterocycles. The molecule has 6 heteroatoms. The van der Waals surface area contributed by atoms with Gasteiger partial charge in [0.2, 0.25) is 0 Å². The molecule has 0 fully saturated rings. The first kappa shape index (κ1) is 29.4. The Kier molecular flexibility index (Phi) is 8.92. The lowest BCUT2D eigenvalue weighted by Crippen LogP contribution is -2.01. The molecular weight excluding hydrogens is 587 g/mol. The standard InChI is InChI=1S/C38H30Cl2N2O2/c1-3-43-35-21-27(7-5-25-13-17-41-18-14-25)33-23-29(39)9-11-31(33)37(35)38-32-12-10-30(40)24-34(32)28(22-36(38)44-4-2)8-6-26-15-19-42-20-16-26/h5-24H,3-4H2,1-2H3/b7-5-,8-6+. The van der Waals surface area contributed by atoms with Crippen molar-refractivity contribution < 1.29 is 9.47 Å². The molecule has 0 spiro atoms. The summed E-state index contributed by atoms with van der Waals surface area (Å²) in [6.45, 7) is 4.99. The SMILES string of the molecule is CCOc1cc(/C=C\c2ccncc2)c2cc(Cl)ccc2c1-c1c(OCC)cc(/C=C/c2ccncc2)c2cc(Cl)ccc12. The van der Waals surface area contributed by atoms with Crippen LogP contribution in [0.5, 0.6) is 11.5 Å². The Balaban J connectivity index is 1.65. The lowest BCUT2D eigenvalue weighted by atomic mass is 9.88. The highest BCUT2D eigenvalue weighted by molar-refractivity contribution is 6.32. The molecule has 0 aliphatic carbocycles. The molecule has 0 aliphatic heterocycles. The maximum absolute atomic E-state index is 6.59. The minimum Gasteiger partial charge on any atom is -0.493 e. The number of fused-ring (bicyclic) bond motifs is 2. The largest absolute Gasteiger partial charge is 0.493 e. The van der Waals surface area contributed by atoms with E-state index in [1.807, 2.05) is 62.4 Å². The molecule has 4 nitrogen and oxygen atoms in total. The highest BCUT2D eigenvalue weighted by atomic mass is 35.5. The first-order valence-corrected chi connectivity index (χ1v) is 15.3. The molecule has 0 amide bonds. The Hall–Kier alpha value is -4.64. The Morgan fingerprint density at radius 3 is 1.32 bits per heavy atom. The molecule has 0 saturated carbocycles. The van der Waals surface area contributed by atoms with Gasteiger partial charge in [-0.05, 0) is 118 Å². The fourth-order valence-corrected chi connectivity index (χ4v) is 5.79. The van der Waals surface area contributed by atoms with E-state index in [2.05, 4.69) is 58.5 Å². The van der Waals surface area contributed by atoms with Crippen molar-refractivity contribution in [2.24, 2.45) is 0 Å². The van der Waals surface area contributed by atoms with Crippen molar-refractivity contribution in [3.8, 4) is 22.6 Å². The van der Waals surface area contributed by atoms with Gasteiger partial charge in [0.1, 0.15) is 11.5 Å². The minimum atomic E-state index is 0.500. The zero-order valence-electron chi connectivity index (χ0n) is 24.4. The second-order valence-corrected chi connectivity index (χ2v) is 11.0. The molecule has 0 N–H and O–H groups in total. The van der Waals surface area contributed by atoms with E-state index in [9.17, 15) is 0 Å². The summed E-state index contributed by atoms with van der Waals surface area (Å²) in [5.41, 5.74) is 5.98. The second-order valence-electron chi connectivity index (χ2n) is 10.2. The second kappa shape index (κ2) is 13.3. The summed E-state index contributed by atoms with van der Waals surface area (Å²) < 4.78 is 12.8. The van der Waals surface area contributed by atoms with Gasteiger partial charge in [-0.25, -0.2) is 0 Å².